The molecule has 1 unspecified atom stereocenters. The van der Waals surface area contributed by atoms with Gasteiger partial charge in [-0.3, -0.25) is 4.57 Å². The molecule has 1 aromatic heterocycles. The second kappa shape index (κ2) is 3.83. The molecule has 0 saturated carbocycles. The van der Waals surface area contributed by atoms with Crippen molar-refractivity contribution in [3.63, 3.8) is 0 Å². The minimum Gasteiger partial charge on any atom is -0.312 e. The zero-order valence-electron chi connectivity index (χ0n) is 7.88. The van der Waals surface area contributed by atoms with Crippen molar-refractivity contribution in [2.24, 2.45) is 0 Å². The van der Waals surface area contributed by atoms with Gasteiger partial charge in [0.2, 0.25) is 0 Å². The molecule has 0 aliphatic heterocycles. The summed E-state index contributed by atoms with van der Waals surface area (Å²) in [5.74, 6) is 0.340. The summed E-state index contributed by atoms with van der Waals surface area (Å²) in [6, 6.07) is -0.00120. The summed E-state index contributed by atoms with van der Waals surface area (Å²) in [6.45, 7) is 0.931. The molecule has 13 heavy (non-hydrogen) atoms. The molecule has 1 heterocycles. The van der Waals surface area contributed by atoms with Gasteiger partial charge in [0.15, 0.2) is 0 Å². The van der Waals surface area contributed by atoms with Crippen molar-refractivity contribution in [3.8, 4) is 0 Å². The maximum Gasteiger partial charge on any atom is 0.319 e. The molecule has 1 atom stereocenters. The lowest BCUT2D eigenvalue weighted by molar-refractivity contribution is 0.0679. The molecule has 1 aromatic rings. The van der Waals surface area contributed by atoms with Gasteiger partial charge in [0, 0.05) is 12.2 Å². The predicted octanol–water partition coefficient (Wildman–Crippen LogP) is 1.87. The van der Waals surface area contributed by atoms with Gasteiger partial charge in [-0.2, -0.15) is 8.78 Å². The highest BCUT2D eigenvalue weighted by atomic mass is 19.3. The number of imidazole rings is 1. The van der Waals surface area contributed by atoms with Gasteiger partial charge in [0.25, 0.3) is 0 Å². The molecular formula is C8H13F2N3. The Morgan fingerprint density at radius 3 is 2.54 bits per heavy atom. The fourth-order valence-corrected chi connectivity index (χ4v) is 1.06. The van der Waals surface area contributed by atoms with Gasteiger partial charge < -0.3 is 5.32 Å². The topological polar surface area (TPSA) is 29.9 Å². The SMILES string of the molecule is CNC(C)c1cn(C(F)F)c(C)n1. The van der Waals surface area contributed by atoms with Crippen molar-refractivity contribution < 1.29 is 8.78 Å². The summed E-state index contributed by atoms with van der Waals surface area (Å²) >= 11 is 0. The van der Waals surface area contributed by atoms with Crippen LogP contribution in [0.25, 0.3) is 0 Å². The number of aryl methyl sites for hydroxylation is 1. The van der Waals surface area contributed by atoms with E-state index in [1.165, 1.54) is 6.20 Å². The van der Waals surface area contributed by atoms with E-state index < -0.39 is 6.55 Å². The van der Waals surface area contributed by atoms with Crippen molar-refractivity contribution in [3.05, 3.63) is 17.7 Å². The summed E-state index contributed by atoms with van der Waals surface area (Å²) in [5.41, 5.74) is 0.639. The van der Waals surface area contributed by atoms with E-state index in [2.05, 4.69) is 10.3 Å². The Kier molecular flexibility index (Phi) is 2.98. The van der Waals surface area contributed by atoms with Crippen LogP contribution in [0.3, 0.4) is 0 Å². The van der Waals surface area contributed by atoms with Crippen LogP contribution in [0.15, 0.2) is 6.20 Å². The molecule has 0 aliphatic carbocycles. The summed E-state index contributed by atoms with van der Waals surface area (Å²) < 4.78 is 25.5. The Hall–Kier alpha value is -0.970. The van der Waals surface area contributed by atoms with E-state index in [1.54, 1.807) is 14.0 Å². The first-order chi connectivity index (χ1) is 6.06. The van der Waals surface area contributed by atoms with Gasteiger partial charge >= 0.3 is 6.55 Å². The lowest BCUT2D eigenvalue weighted by atomic mass is 10.3. The Labute approximate surface area is 75.8 Å². The molecule has 0 spiro atoms. The molecule has 0 amide bonds. The Morgan fingerprint density at radius 1 is 1.54 bits per heavy atom. The number of hydrogen-bond acceptors (Lipinski definition) is 2. The monoisotopic (exact) mass is 189 g/mol. The maximum atomic E-state index is 12.3. The highest BCUT2D eigenvalue weighted by Crippen LogP contribution is 2.17. The molecule has 0 radical (unpaired) electrons. The molecule has 74 valence electrons. The van der Waals surface area contributed by atoms with Crippen LogP contribution >= 0.6 is 0 Å². The summed E-state index contributed by atoms with van der Waals surface area (Å²) in [7, 11) is 1.77. The van der Waals surface area contributed by atoms with Crippen LogP contribution in [0.2, 0.25) is 0 Å². The number of halogens is 2. The van der Waals surface area contributed by atoms with Crippen LogP contribution in [0.5, 0.6) is 0 Å². The molecule has 0 aromatic carbocycles. The van der Waals surface area contributed by atoms with E-state index in [-0.39, 0.29) is 6.04 Å². The van der Waals surface area contributed by atoms with E-state index in [0.717, 1.165) is 4.57 Å². The van der Waals surface area contributed by atoms with E-state index in [4.69, 9.17) is 0 Å². The first-order valence-corrected chi connectivity index (χ1v) is 4.07. The third-order valence-corrected chi connectivity index (χ3v) is 2.02. The van der Waals surface area contributed by atoms with Crippen molar-refractivity contribution in [1.82, 2.24) is 14.9 Å². The zero-order valence-corrected chi connectivity index (χ0v) is 7.88. The second-order valence-corrected chi connectivity index (χ2v) is 2.91. The Bertz CT molecular complexity index is 283. The molecule has 1 rings (SSSR count). The Balaban J connectivity index is 2.95. The van der Waals surface area contributed by atoms with Gasteiger partial charge in [-0.25, -0.2) is 4.98 Å². The molecule has 5 heteroatoms. The van der Waals surface area contributed by atoms with Crippen molar-refractivity contribution in [1.29, 1.82) is 0 Å². The summed E-state index contributed by atoms with van der Waals surface area (Å²) in [6.07, 6.45) is 1.38. The quantitative estimate of drug-likeness (QED) is 0.786. The normalized spacial score (nSPS) is 13.7. The maximum absolute atomic E-state index is 12.3. The van der Waals surface area contributed by atoms with Crippen LogP contribution in [-0.4, -0.2) is 16.6 Å². The lowest BCUT2D eigenvalue weighted by Gasteiger charge is -2.04. The standard InChI is InChI=1S/C8H13F2N3/c1-5(11-3)7-4-13(8(9)10)6(2)12-7/h4-5,8,11H,1-3H3. The number of hydrogen-bond donors (Lipinski definition) is 1. The van der Waals surface area contributed by atoms with Crippen molar-refractivity contribution in [2.45, 2.75) is 26.4 Å². The smallest absolute Gasteiger partial charge is 0.312 e. The third-order valence-electron chi connectivity index (χ3n) is 2.02. The predicted molar refractivity (Wildman–Crippen MR) is 45.7 cm³/mol. The first kappa shape index (κ1) is 10.1. The first-order valence-electron chi connectivity index (χ1n) is 4.07. The largest absolute Gasteiger partial charge is 0.319 e. The molecule has 0 aliphatic rings. The molecule has 1 N–H and O–H groups in total. The fraction of sp³-hybridized carbons (Fsp3) is 0.625. The second-order valence-electron chi connectivity index (χ2n) is 2.91. The van der Waals surface area contributed by atoms with Crippen LogP contribution in [0.1, 0.15) is 31.0 Å². The highest BCUT2D eigenvalue weighted by Gasteiger charge is 2.14. The number of nitrogens with one attached hydrogen (secondary N) is 1. The number of nitrogens with zero attached hydrogens (tertiary/aromatic N) is 2. The van der Waals surface area contributed by atoms with Crippen LogP contribution in [0, 0.1) is 6.92 Å². The summed E-state index contributed by atoms with van der Waals surface area (Å²) in [5, 5.41) is 2.94. The van der Waals surface area contributed by atoms with Gasteiger partial charge in [-0.05, 0) is 20.9 Å². The molecule has 0 bridgehead atoms. The fourth-order valence-electron chi connectivity index (χ4n) is 1.06. The number of aromatic nitrogens is 2. The van der Waals surface area contributed by atoms with Gasteiger partial charge in [0.1, 0.15) is 5.82 Å². The lowest BCUT2D eigenvalue weighted by Crippen LogP contribution is -2.12. The number of rotatable bonds is 3. The average Bonchev–Trinajstić information content (AvgIpc) is 2.46. The molecule has 0 saturated heterocycles. The number of alkyl halides is 2. The van der Waals surface area contributed by atoms with E-state index >= 15 is 0 Å². The van der Waals surface area contributed by atoms with Gasteiger partial charge in [-0.1, -0.05) is 0 Å². The highest BCUT2D eigenvalue weighted by molar-refractivity contribution is 5.07. The third kappa shape index (κ3) is 2.03. The van der Waals surface area contributed by atoms with Crippen LogP contribution < -0.4 is 5.32 Å². The van der Waals surface area contributed by atoms with Crippen LogP contribution in [-0.2, 0) is 0 Å². The van der Waals surface area contributed by atoms with Gasteiger partial charge in [-0.15, -0.1) is 0 Å². The van der Waals surface area contributed by atoms with E-state index in [9.17, 15) is 8.78 Å². The molecule has 3 nitrogen and oxygen atoms in total. The molecular weight excluding hydrogens is 176 g/mol. The molecule has 0 fully saturated rings. The Morgan fingerprint density at radius 2 is 2.15 bits per heavy atom. The summed E-state index contributed by atoms with van der Waals surface area (Å²) in [4.78, 5) is 4.02. The van der Waals surface area contributed by atoms with E-state index in [1.807, 2.05) is 6.92 Å². The van der Waals surface area contributed by atoms with Crippen molar-refractivity contribution in [2.75, 3.05) is 7.05 Å². The average molecular weight is 189 g/mol. The minimum atomic E-state index is -2.51. The van der Waals surface area contributed by atoms with Gasteiger partial charge in [0.05, 0.1) is 5.69 Å². The minimum absolute atomic E-state index is 0.00120. The van der Waals surface area contributed by atoms with E-state index in [0.29, 0.717) is 11.5 Å². The van der Waals surface area contributed by atoms with Crippen molar-refractivity contribution >= 4 is 0 Å². The zero-order chi connectivity index (χ0) is 10.0. The van der Waals surface area contributed by atoms with Crippen LogP contribution in [0.4, 0.5) is 8.78 Å².